The van der Waals surface area contributed by atoms with Crippen LogP contribution in [0.2, 0.25) is 0 Å². The molecule has 0 saturated carbocycles. The Morgan fingerprint density at radius 3 is 2.80 bits per heavy atom. The topological polar surface area (TPSA) is 224 Å². The Labute approximate surface area is 242 Å². The van der Waals surface area contributed by atoms with Crippen LogP contribution in [0.25, 0.3) is 0 Å². The number of benzene rings is 1. The van der Waals surface area contributed by atoms with Gasteiger partial charge >= 0.3 is 5.97 Å². The third kappa shape index (κ3) is 5.94. The van der Waals surface area contributed by atoms with E-state index in [2.05, 4.69) is 35.4 Å². The summed E-state index contributed by atoms with van der Waals surface area (Å²) in [6, 6.07) is 3.96. The summed E-state index contributed by atoms with van der Waals surface area (Å²) in [5, 5.41) is 36.8. The highest BCUT2D eigenvalue weighted by atomic mass is 32.2. The lowest BCUT2D eigenvalue weighted by Gasteiger charge is -2.53. The van der Waals surface area contributed by atoms with Crippen molar-refractivity contribution in [2.75, 3.05) is 30.4 Å². The van der Waals surface area contributed by atoms with E-state index in [1.807, 2.05) is 0 Å². The molecule has 0 radical (unpaired) electrons. The van der Waals surface area contributed by atoms with E-state index in [9.17, 15) is 23.9 Å². The van der Waals surface area contributed by atoms with Crippen LogP contribution in [0.1, 0.15) is 5.82 Å². The minimum absolute atomic E-state index is 0.0725. The van der Waals surface area contributed by atoms with Crippen LogP contribution in [0, 0.1) is 11.2 Å². The zero-order chi connectivity index (χ0) is 29.1. The lowest BCUT2D eigenvalue weighted by atomic mass is 9.89. The van der Waals surface area contributed by atoms with Crippen molar-refractivity contribution in [2.24, 2.45) is 10.6 Å². The van der Waals surface area contributed by atoms with E-state index in [0.717, 1.165) is 35.4 Å². The van der Waals surface area contributed by atoms with E-state index in [1.165, 1.54) is 33.5 Å². The number of thioether (sulfide) groups is 2. The largest absolute Gasteiger partial charge is 0.481 e. The molecule has 2 aliphatic heterocycles. The maximum absolute atomic E-state index is 13.2. The minimum atomic E-state index is -1.30. The van der Waals surface area contributed by atoms with Crippen molar-refractivity contribution >= 4 is 63.7 Å². The molecule has 2 unspecified atom stereocenters. The number of oxime groups is 1. The van der Waals surface area contributed by atoms with Crippen LogP contribution in [-0.4, -0.2) is 104 Å². The van der Waals surface area contributed by atoms with E-state index < -0.39 is 40.4 Å². The Morgan fingerprint density at radius 2 is 2.12 bits per heavy atom. The van der Waals surface area contributed by atoms with Gasteiger partial charge in [0, 0.05) is 29.6 Å². The van der Waals surface area contributed by atoms with Crippen molar-refractivity contribution in [3.05, 3.63) is 35.9 Å². The van der Waals surface area contributed by atoms with Crippen LogP contribution >= 0.6 is 35.1 Å². The van der Waals surface area contributed by atoms with Crippen molar-refractivity contribution in [2.45, 2.75) is 23.1 Å². The summed E-state index contributed by atoms with van der Waals surface area (Å²) in [6.07, 6.45) is 0. The Morgan fingerprint density at radius 1 is 1.34 bits per heavy atom. The third-order valence-corrected chi connectivity index (χ3v) is 9.48. The Bertz CT molecular complexity index is 1490. The number of hydrogen-bond acceptors (Lipinski definition) is 15. The number of aliphatic hydroxyl groups excluding tert-OH is 1. The second kappa shape index (κ2) is 11.9. The number of hydrogen-bond donors (Lipinski definition) is 4. The first-order valence-corrected chi connectivity index (χ1v) is 14.6. The third-order valence-electron chi connectivity index (χ3n) is 6.10. The fourth-order valence-electron chi connectivity index (χ4n) is 3.96. The number of nitrogen functional groups attached to an aromatic ring is 1. The smallest absolute Gasteiger partial charge is 0.313 e. The van der Waals surface area contributed by atoms with Gasteiger partial charge in [-0.2, -0.15) is 9.36 Å². The number of nitrogens with one attached hydrogen (secondary N) is 1. The molecule has 16 nitrogen and oxygen atoms in total. The molecule has 0 aliphatic carbocycles. The molecule has 20 heteroatoms. The first kappa shape index (κ1) is 28.6. The van der Waals surface area contributed by atoms with Gasteiger partial charge in [0.15, 0.2) is 10.9 Å². The van der Waals surface area contributed by atoms with Crippen LogP contribution in [-0.2, 0) is 20.9 Å². The number of carboxylic acids is 1. The van der Waals surface area contributed by atoms with E-state index in [1.54, 1.807) is 0 Å². The number of carbonyl (C=O) groups excluding carboxylic acids is 2. The van der Waals surface area contributed by atoms with Gasteiger partial charge in [0.05, 0.1) is 13.2 Å². The molecule has 1 aromatic carbocycles. The number of nitrogens with two attached hydrogens (primary N) is 1. The second-order valence-electron chi connectivity index (χ2n) is 8.84. The number of carbonyl (C=O) groups is 3. The molecular formula is C21H21FN10O6S3. The second-order valence-corrected chi connectivity index (χ2v) is 11.7. The molecule has 3 atom stereocenters. The molecule has 4 heterocycles. The average molecular weight is 625 g/mol. The standard InChI is InChI=1S/C21H21FN10O6S3/c22-10-1-3-11(4-2-10)38-27-12(14-25-19(23)41-28-14)15(34)24-13-16(35)31-7-21(18(36)37,8-39-17(13)31)9-40-20-26-29-30-32(20)5-6-33/h1-4,13,17,33H,5-9H2,(H,24,34)(H,36,37)(H2,23,25,28)/t13?,17-,21?/m1/s1. The zero-order valence-electron chi connectivity index (χ0n) is 20.8. The summed E-state index contributed by atoms with van der Waals surface area (Å²) in [6.45, 7) is -0.119. The number of aliphatic carboxylic acids is 1. The number of β-lactam (4-membered cyclic amide) rings is 1. The van der Waals surface area contributed by atoms with Gasteiger partial charge in [-0.15, -0.1) is 16.9 Å². The summed E-state index contributed by atoms with van der Waals surface area (Å²) in [5.74, 6) is -2.62. The van der Waals surface area contributed by atoms with Crippen LogP contribution in [0.4, 0.5) is 9.52 Å². The highest BCUT2D eigenvalue weighted by Crippen LogP contribution is 2.44. The molecule has 0 bridgehead atoms. The molecule has 5 rings (SSSR count). The van der Waals surface area contributed by atoms with Crippen LogP contribution < -0.4 is 15.9 Å². The van der Waals surface area contributed by atoms with Crippen molar-refractivity contribution in [3.8, 4) is 5.75 Å². The predicted octanol–water partition coefficient (Wildman–Crippen LogP) is -0.715. The van der Waals surface area contributed by atoms with E-state index >= 15 is 0 Å². The van der Waals surface area contributed by atoms with Crippen molar-refractivity contribution in [3.63, 3.8) is 0 Å². The first-order valence-electron chi connectivity index (χ1n) is 11.8. The molecular weight excluding hydrogens is 603 g/mol. The summed E-state index contributed by atoms with van der Waals surface area (Å²) in [7, 11) is 0. The lowest BCUT2D eigenvalue weighted by Crippen LogP contribution is -2.74. The predicted molar refractivity (Wildman–Crippen MR) is 143 cm³/mol. The van der Waals surface area contributed by atoms with Crippen molar-refractivity contribution in [1.29, 1.82) is 0 Å². The van der Waals surface area contributed by atoms with Gasteiger partial charge in [0.25, 0.3) is 5.91 Å². The fourth-order valence-corrected chi connectivity index (χ4v) is 7.16. The first-order chi connectivity index (χ1) is 19.7. The number of nitrogens with zero attached hydrogens (tertiary/aromatic N) is 8. The number of anilines is 1. The Hall–Kier alpha value is -3.88. The summed E-state index contributed by atoms with van der Waals surface area (Å²) in [5.41, 5.74) is 4.00. The number of rotatable bonds is 11. The van der Waals surface area contributed by atoms with E-state index in [0.29, 0.717) is 5.16 Å². The summed E-state index contributed by atoms with van der Waals surface area (Å²) < 4.78 is 18.6. The quantitative estimate of drug-likeness (QED) is 0.0895. The van der Waals surface area contributed by atoms with Crippen LogP contribution in [0.15, 0.2) is 34.6 Å². The molecule has 2 aliphatic rings. The Balaban J connectivity index is 1.26. The number of aliphatic hydroxyl groups is 1. The normalized spacial score (nSPS) is 22.1. The monoisotopic (exact) mass is 624 g/mol. The lowest BCUT2D eigenvalue weighted by molar-refractivity contribution is -0.157. The van der Waals surface area contributed by atoms with Crippen LogP contribution in [0.5, 0.6) is 5.75 Å². The molecule has 2 amide bonds. The summed E-state index contributed by atoms with van der Waals surface area (Å²) in [4.78, 5) is 49.2. The van der Waals surface area contributed by atoms with Gasteiger partial charge in [-0.1, -0.05) is 16.9 Å². The molecule has 2 fully saturated rings. The number of fused-ring (bicyclic) bond motifs is 1. The van der Waals surface area contributed by atoms with E-state index in [4.69, 9.17) is 15.7 Å². The number of carboxylic acid groups (broad SMARTS) is 1. The molecule has 3 aromatic rings. The van der Waals surface area contributed by atoms with Gasteiger partial charge in [0.2, 0.25) is 22.6 Å². The number of amides is 2. The fraction of sp³-hybridized carbons (Fsp3) is 0.381. The highest BCUT2D eigenvalue weighted by Gasteiger charge is 2.57. The summed E-state index contributed by atoms with van der Waals surface area (Å²) >= 11 is 3.16. The number of aromatic nitrogens is 6. The zero-order valence-corrected chi connectivity index (χ0v) is 23.2. The molecule has 216 valence electrons. The molecule has 5 N–H and O–H groups in total. The Kier molecular flexibility index (Phi) is 8.33. The minimum Gasteiger partial charge on any atom is -0.481 e. The van der Waals surface area contributed by atoms with Gasteiger partial charge in [-0.3, -0.25) is 14.4 Å². The molecule has 41 heavy (non-hydrogen) atoms. The van der Waals surface area contributed by atoms with E-state index in [-0.39, 0.29) is 53.6 Å². The van der Waals surface area contributed by atoms with Gasteiger partial charge < -0.3 is 31.0 Å². The molecule has 2 aromatic heterocycles. The van der Waals surface area contributed by atoms with Crippen LogP contribution in [0.3, 0.4) is 0 Å². The molecule has 0 spiro atoms. The average Bonchev–Trinajstić information content (AvgIpc) is 3.60. The van der Waals surface area contributed by atoms with Crippen molar-refractivity contribution < 1.29 is 33.8 Å². The maximum Gasteiger partial charge on any atom is 0.313 e. The number of tetrazole rings is 1. The maximum atomic E-state index is 13.2. The van der Waals surface area contributed by atoms with Gasteiger partial charge in [-0.25, -0.2) is 9.07 Å². The SMILES string of the molecule is Nc1nc(C(=NOc2ccc(F)cc2)C(=O)NC2C(=O)N3CC(CSc4nnnn4CCO)(C(=O)O)CS[C@H]23)ns1. The van der Waals surface area contributed by atoms with Crippen molar-refractivity contribution in [1.82, 2.24) is 39.8 Å². The molecule has 2 saturated heterocycles. The van der Waals surface area contributed by atoms with Gasteiger partial charge in [-0.05, 0) is 34.7 Å². The van der Waals surface area contributed by atoms with Gasteiger partial charge in [0.1, 0.15) is 22.6 Å². The number of halogens is 1. The highest BCUT2D eigenvalue weighted by molar-refractivity contribution is 8.00.